The van der Waals surface area contributed by atoms with Crippen LogP contribution >= 0.6 is 12.4 Å². The minimum atomic E-state index is -3.23. The van der Waals surface area contributed by atoms with Crippen molar-refractivity contribution < 1.29 is 18.0 Å². The Bertz CT molecular complexity index is 1380. The number of piperidine rings is 1. The molecule has 1 aliphatic carbocycles. The third-order valence-electron chi connectivity index (χ3n) is 10.8. The van der Waals surface area contributed by atoms with E-state index in [4.69, 9.17) is 0 Å². The van der Waals surface area contributed by atoms with Gasteiger partial charge in [0.05, 0.1) is 10.3 Å². The molecular formula is C35H48ClN3O4S. The van der Waals surface area contributed by atoms with Crippen molar-refractivity contribution in [2.24, 2.45) is 17.3 Å². The number of amides is 2. The number of halogens is 1. The molecule has 4 aliphatic rings. The van der Waals surface area contributed by atoms with E-state index < -0.39 is 9.84 Å². The fourth-order valence-corrected chi connectivity index (χ4v) is 8.79. The van der Waals surface area contributed by atoms with Crippen LogP contribution in [-0.4, -0.2) is 80.5 Å². The predicted octanol–water partition coefficient (Wildman–Crippen LogP) is 5.54. The Morgan fingerprint density at radius 2 is 1.50 bits per heavy atom. The van der Waals surface area contributed by atoms with E-state index in [2.05, 4.69) is 40.1 Å². The zero-order valence-corrected chi connectivity index (χ0v) is 27.7. The normalized spacial score (nSPS) is 24.8. The lowest BCUT2D eigenvalue weighted by Gasteiger charge is -2.39. The lowest BCUT2D eigenvalue weighted by Crippen LogP contribution is -2.46. The Morgan fingerprint density at radius 1 is 0.864 bits per heavy atom. The van der Waals surface area contributed by atoms with Crippen LogP contribution in [0.4, 0.5) is 0 Å². The molecule has 44 heavy (non-hydrogen) atoms. The Labute approximate surface area is 269 Å². The van der Waals surface area contributed by atoms with Gasteiger partial charge in [0, 0.05) is 50.8 Å². The van der Waals surface area contributed by atoms with Crippen LogP contribution in [0.5, 0.6) is 0 Å². The molecule has 0 radical (unpaired) electrons. The van der Waals surface area contributed by atoms with Crippen LogP contribution in [0.15, 0.2) is 59.5 Å². The van der Waals surface area contributed by atoms with Crippen molar-refractivity contribution in [3.63, 3.8) is 0 Å². The van der Waals surface area contributed by atoms with Crippen LogP contribution in [0.3, 0.4) is 0 Å². The number of hydrogen-bond donors (Lipinski definition) is 0. The zero-order valence-electron chi connectivity index (χ0n) is 26.0. The molecule has 0 bridgehead atoms. The quantitative estimate of drug-likeness (QED) is 0.371. The van der Waals surface area contributed by atoms with E-state index in [9.17, 15) is 18.0 Å². The molecule has 1 saturated carbocycles. The molecule has 6 rings (SSSR count). The number of carbonyl (C=O) groups is 2. The van der Waals surface area contributed by atoms with Crippen LogP contribution in [0.1, 0.15) is 74.8 Å². The first kappa shape index (κ1) is 33.0. The van der Waals surface area contributed by atoms with Crippen molar-refractivity contribution in [2.45, 2.75) is 75.1 Å². The maximum atomic E-state index is 13.7. The average molecular weight is 642 g/mol. The summed E-state index contributed by atoms with van der Waals surface area (Å²) in [6.45, 7) is 5.73. The standard InChI is InChI=1S/C35H47N3O4S.ClH/c1-43(41,42)31-15-13-27(14-16-31)23-37-22-19-35(34(37)40)17-20-36(21-18-35)24-30-25-38(26-32(30)28-9-7-4-8-10-28)33(39)29-11-5-2-3-6-12-29;/h4,7-10,13-16,29-30,32H,2-3,5-6,11-12,17-26H2,1H3;1H. The molecule has 2 aromatic carbocycles. The van der Waals surface area contributed by atoms with Gasteiger partial charge in [0.15, 0.2) is 9.84 Å². The lowest BCUT2D eigenvalue weighted by molar-refractivity contribution is -0.139. The molecule has 2 unspecified atom stereocenters. The van der Waals surface area contributed by atoms with E-state index >= 15 is 0 Å². The summed E-state index contributed by atoms with van der Waals surface area (Å²) in [4.78, 5) is 34.3. The summed E-state index contributed by atoms with van der Waals surface area (Å²) in [7, 11) is -3.23. The van der Waals surface area contributed by atoms with Gasteiger partial charge < -0.3 is 14.7 Å². The first-order chi connectivity index (χ1) is 20.7. The summed E-state index contributed by atoms with van der Waals surface area (Å²) in [5, 5.41) is 0. The number of rotatable bonds is 7. The summed E-state index contributed by atoms with van der Waals surface area (Å²) in [6.07, 6.45) is 10.8. The van der Waals surface area contributed by atoms with Gasteiger partial charge in [-0.2, -0.15) is 0 Å². The van der Waals surface area contributed by atoms with Gasteiger partial charge in [-0.3, -0.25) is 9.59 Å². The van der Waals surface area contributed by atoms with Crippen molar-refractivity contribution in [2.75, 3.05) is 45.5 Å². The summed E-state index contributed by atoms with van der Waals surface area (Å²) in [5.41, 5.74) is 2.02. The molecule has 4 fully saturated rings. The molecule has 3 saturated heterocycles. The highest BCUT2D eigenvalue weighted by molar-refractivity contribution is 7.90. The van der Waals surface area contributed by atoms with Crippen molar-refractivity contribution in [1.29, 1.82) is 0 Å². The molecule has 0 aromatic heterocycles. The predicted molar refractivity (Wildman–Crippen MR) is 175 cm³/mol. The van der Waals surface area contributed by atoms with Gasteiger partial charge in [-0.25, -0.2) is 8.42 Å². The highest BCUT2D eigenvalue weighted by atomic mass is 35.5. The van der Waals surface area contributed by atoms with Crippen molar-refractivity contribution in [3.05, 3.63) is 65.7 Å². The monoisotopic (exact) mass is 641 g/mol. The maximum absolute atomic E-state index is 13.7. The van der Waals surface area contributed by atoms with Crippen LogP contribution < -0.4 is 0 Å². The summed E-state index contributed by atoms with van der Waals surface area (Å²) in [6, 6.07) is 17.7. The third kappa shape index (κ3) is 7.18. The van der Waals surface area contributed by atoms with Gasteiger partial charge in [-0.15, -0.1) is 12.4 Å². The fraction of sp³-hybridized carbons (Fsp3) is 0.600. The average Bonchev–Trinajstić information content (AvgIpc) is 3.42. The number of benzene rings is 2. The molecule has 7 nitrogen and oxygen atoms in total. The van der Waals surface area contributed by atoms with E-state index in [1.165, 1.54) is 37.5 Å². The molecule has 2 amide bonds. The van der Waals surface area contributed by atoms with Crippen LogP contribution in [0.25, 0.3) is 0 Å². The number of likely N-dealkylation sites (tertiary alicyclic amines) is 3. The number of sulfone groups is 1. The summed E-state index contributed by atoms with van der Waals surface area (Å²) >= 11 is 0. The van der Waals surface area contributed by atoms with Crippen molar-refractivity contribution in [3.8, 4) is 0 Å². The van der Waals surface area contributed by atoms with Crippen LogP contribution in [-0.2, 0) is 26.0 Å². The Kier molecular flexibility index (Phi) is 10.4. The second-order valence-electron chi connectivity index (χ2n) is 13.7. The molecule has 3 heterocycles. The molecule has 2 aromatic rings. The molecule has 240 valence electrons. The molecule has 1 spiro atoms. The van der Waals surface area contributed by atoms with Gasteiger partial charge in [-0.1, -0.05) is 68.1 Å². The van der Waals surface area contributed by atoms with Gasteiger partial charge in [0.1, 0.15) is 0 Å². The second-order valence-corrected chi connectivity index (χ2v) is 15.7. The van der Waals surface area contributed by atoms with E-state index in [-0.39, 0.29) is 29.6 Å². The Hall–Kier alpha value is -2.42. The van der Waals surface area contributed by atoms with E-state index in [1.54, 1.807) is 12.1 Å². The van der Waals surface area contributed by atoms with E-state index in [0.29, 0.717) is 29.2 Å². The van der Waals surface area contributed by atoms with Gasteiger partial charge in [-0.05, 0) is 74.4 Å². The first-order valence-corrected chi connectivity index (χ1v) is 18.3. The Balaban J connectivity index is 0.00000384. The highest BCUT2D eigenvalue weighted by Gasteiger charge is 2.48. The minimum absolute atomic E-state index is 0. The zero-order chi connectivity index (χ0) is 30.0. The van der Waals surface area contributed by atoms with E-state index in [0.717, 1.165) is 76.9 Å². The molecule has 9 heteroatoms. The van der Waals surface area contributed by atoms with Crippen molar-refractivity contribution in [1.82, 2.24) is 14.7 Å². The number of hydrogen-bond acceptors (Lipinski definition) is 5. The minimum Gasteiger partial charge on any atom is -0.341 e. The van der Waals surface area contributed by atoms with E-state index in [1.807, 2.05) is 17.0 Å². The van der Waals surface area contributed by atoms with Gasteiger partial charge >= 0.3 is 0 Å². The topological polar surface area (TPSA) is 78.0 Å². The van der Waals surface area contributed by atoms with Crippen LogP contribution in [0, 0.1) is 17.3 Å². The maximum Gasteiger partial charge on any atom is 0.229 e. The van der Waals surface area contributed by atoms with Crippen molar-refractivity contribution >= 4 is 34.1 Å². The second kappa shape index (κ2) is 13.9. The smallest absolute Gasteiger partial charge is 0.229 e. The van der Waals surface area contributed by atoms with Gasteiger partial charge in [0.2, 0.25) is 11.8 Å². The molecule has 0 N–H and O–H groups in total. The lowest BCUT2D eigenvalue weighted by atomic mass is 9.76. The number of nitrogens with zero attached hydrogens (tertiary/aromatic N) is 3. The first-order valence-electron chi connectivity index (χ1n) is 16.4. The number of carbonyl (C=O) groups excluding carboxylic acids is 2. The molecule has 3 aliphatic heterocycles. The SMILES string of the molecule is CS(=O)(=O)c1ccc(CN2CCC3(CCN(CC4CN(C(=O)C5CCCCCC5)CC4c4ccccc4)CC3)C2=O)cc1.Cl. The Morgan fingerprint density at radius 3 is 2.14 bits per heavy atom. The van der Waals surface area contributed by atoms with Gasteiger partial charge in [0.25, 0.3) is 0 Å². The summed E-state index contributed by atoms with van der Waals surface area (Å²) in [5.74, 6) is 1.58. The molecule has 2 atom stereocenters. The van der Waals surface area contributed by atoms with Crippen LogP contribution in [0.2, 0.25) is 0 Å². The molecular weight excluding hydrogens is 594 g/mol. The highest BCUT2D eigenvalue weighted by Crippen LogP contribution is 2.43. The summed E-state index contributed by atoms with van der Waals surface area (Å²) < 4.78 is 23.6. The largest absolute Gasteiger partial charge is 0.341 e. The third-order valence-corrected chi connectivity index (χ3v) is 11.9. The fourth-order valence-electron chi connectivity index (χ4n) is 8.16.